The van der Waals surface area contributed by atoms with Gasteiger partial charge in [-0.3, -0.25) is 4.55 Å². The smallest absolute Gasteiger partial charge is 0.358 e. The van der Waals surface area contributed by atoms with E-state index in [9.17, 15) is 8.42 Å². The van der Waals surface area contributed by atoms with Crippen LogP contribution in [-0.2, 0) is 28.1 Å². The van der Waals surface area contributed by atoms with Crippen molar-refractivity contribution < 1.29 is 21.7 Å². The van der Waals surface area contributed by atoms with Gasteiger partial charge >= 0.3 is 10.4 Å². The van der Waals surface area contributed by atoms with E-state index in [-0.39, 0.29) is 0 Å². The van der Waals surface area contributed by atoms with Crippen molar-refractivity contribution in [2.75, 3.05) is 0 Å². The van der Waals surface area contributed by atoms with Gasteiger partial charge in [-0.15, -0.1) is 0 Å². The Kier molecular flexibility index (Phi) is 6.52. The van der Waals surface area contributed by atoms with Crippen molar-refractivity contribution in [1.29, 1.82) is 0 Å². The lowest BCUT2D eigenvalue weighted by atomic mass is 10.1. The largest absolute Gasteiger partial charge is 0.398 e. The minimum Gasteiger partial charge on any atom is -0.358 e. The molecular weight excluding hydrogens is 334 g/mol. The Balaban J connectivity index is 1.75. The minimum atomic E-state index is -4.54. The Morgan fingerprint density at radius 2 is 2.08 bits per heavy atom. The van der Waals surface area contributed by atoms with Crippen molar-refractivity contribution in [2.24, 2.45) is 7.05 Å². The molecule has 0 amide bonds. The number of nitrogens with zero attached hydrogens (tertiary/aromatic N) is 3. The van der Waals surface area contributed by atoms with Crippen LogP contribution in [0.15, 0.2) is 23.0 Å². The second-order valence-electron chi connectivity index (χ2n) is 5.79. The third kappa shape index (κ3) is 6.06. The topological polar surface area (TPSA) is 107 Å². The molecule has 134 valence electrons. The Bertz CT molecular complexity index is 738. The van der Waals surface area contributed by atoms with Crippen LogP contribution in [0, 0.1) is 6.92 Å². The van der Waals surface area contributed by atoms with E-state index in [4.69, 9.17) is 13.3 Å². The first-order valence-electron chi connectivity index (χ1n) is 7.90. The molecule has 0 aliphatic rings. The zero-order valence-electron chi connectivity index (χ0n) is 13.9. The lowest BCUT2D eigenvalue weighted by Gasteiger charge is -2.12. The van der Waals surface area contributed by atoms with Gasteiger partial charge in [0.2, 0.25) is 0 Å². The van der Waals surface area contributed by atoms with Crippen molar-refractivity contribution in [1.82, 2.24) is 14.7 Å². The van der Waals surface area contributed by atoms with Crippen LogP contribution in [0.3, 0.4) is 0 Å². The van der Waals surface area contributed by atoms with E-state index in [1.807, 2.05) is 17.8 Å². The predicted octanol–water partition coefficient (Wildman–Crippen LogP) is 2.77. The van der Waals surface area contributed by atoms with Gasteiger partial charge < -0.3 is 9.09 Å². The van der Waals surface area contributed by atoms with Crippen molar-refractivity contribution >= 4 is 10.4 Å². The number of imidazole rings is 1. The van der Waals surface area contributed by atoms with Crippen LogP contribution in [0.1, 0.15) is 55.5 Å². The van der Waals surface area contributed by atoms with E-state index >= 15 is 0 Å². The molecule has 0 aliphatic carbocycles. The van der Waals surface area contributed by atoms with Crippen LogP contribution in [0.4, 0.5) is 0 Å². The summed E-state index contributed by atoms with van der Waals surface area (Å²) in [6, 6.07) is 1.61. The highest BCUT2D eigenvalue weighted by molar-refractivity contribution is 7.80. The molecule has 0 aliphatic heterocycles. The summed E-state index contributed by atoms with van der Waals surface area (Å²) in [5.41, 5.74) is 0.629. The summed E-state index contributed by atoms with van der Waals surface area (Å²) in [4.78, 5) is 4.27. The standard InChI is InChI=1S/C15H23N3O5S/c1-12-11-14(22-17-12)13(23-24(19,20)21)7-5-3-4-6-8-15-16-9-10-18(15)2/h9-11,13H,3-8H2,1-2H3,(H,19,20,21). The Labute approximate surface area is 141 Å². The van der Waals surface area contributed by atoms with Gasteiger partial charge in [-0.1, -0.05) is 24.4 Å². The molecule has 0 spiro atoms. The summed E-state index contributed by atoms with van der Waals surface area (Å²) >= 11 is 0. The summed E-state index contributed by atoms with van der Waals surface area (Å²) in [5.74, 6) is 1.36. The molecule has 24 heavy (non-hydrogen) atoms. The number of aryl methyl sites for hydroxylation is 3. The van der Waals surface area contributed by atoms with Gasteiger partial charge in [0.1, 0.15) is 11.9 Å². The highest BCUT2D eigenvalue weighted by atomic mass is 32.3. The summed E-state index contributed by atoms with van der Waals surface area (Å²) in [5, 5.41) is 3.72. The van der Waals surface area contributed by atoms with Crippen LogP contribution in [0.25, 0.3) is 0 Å². The fraction of sp³-hybridized carbons (Fsp3) is 0.600. The van der Waals surface area contributed by atoms with E-state index in [0.717, 1.165) is 37.9 Å². The highest BCUT2D eigenvalue weighted by Gasteiger charge is 2.22. The first kappa shape index (κ1) is 18.6. The Morgan fingerprint density at radius 1 is 1.33 bits per heavy atom. The molecule has 2 heterocycles. The lowest BCUT2D eigenvalue weighted by molar-refractivity contribution is 0.139. The molecule has 1 atom stereocenters. The van der Waals surface area contributed by atoms with Crippen molar-refractivity contribution in [3.05, 3.63) is 35.7 Å². The lowest BCUT2D eigenvalue weighted by Crippen LogP contribution is -2.10. The molecule has 1 N–H and O–H groups in total. The van der Waals surface area contributed by atoms with E-state index in [1.54, 1.807) is 19.2 Å². The zero-order chi connectivity index (χ0) is 17.6. The van der Waals surface area contributed by atoms with Gasteiger partial charge in [0.25, 0.3) is 0 Å². The van der Waals surface area contributed by atoms with E-state index in [2.05, 4.69) is 10.1 Å². The van der Waals surface area contributed by atoms with Crippen molar-refractivity contribution in [2.45, 2.75) is 51.6 Å². The maximum atomic E-state index is 11.0. The van der Waals surface area contributed by atoms with Crippen LogP contribution < -0.4 is 0 Å². The van der Waals surface area contributed by atoms with Gasteiger partial charge in [-0.05, 0) is 19.8 Å². The van der Waals surface area contributed by atoms with Gasteiger partial charge in [0, 0.05) is 31.9 Å². The fourth-order valence-electron chi connectivity index (χ4n) is 2.52. The van der Waals surface area contributed by atoms with Crippen LogP contribution >= 0.6 is 0 Å². The molecule has 0 bridgehead atoms. The molecule has 0 fully saturated rings. The number of hydrogen-bond acceptors (Lipinski definition) is 6. The number of hydrogen-bond donors (Lipinski definition) is 1. The average Bonchev–Trinajstić information content (AvgIpc) is 3.09. The number of aromatic nitrogens is 3. The monoisotopic (exact) mass is 357 g/mol. The van der Waals surface area contributed by atoms with E-state index in [1.165, 1.54) is 0 Å². The summed E-state index contributed by atoms with van der Waals surface area (Å²) in [6.07, 6.45) is 7.88. The highest BCUT2D eigenvalue weighted by Crippen LogP contribution is 2.26. The van der Waals surface area contributed by atoms with Gasteiger partial charge in [0.15, 0.2) is 5.76 Å². The van der Waals surface area contributed by atoms with Crippen molar-refractivity contribution in [3.63, 3.8) is 0 Å². The van der Waals surface area contributed by atoms with Gasteiger partial charge in [-0.25, -0.2) is 9.17 Å². The van der Waals surface area contributed by atoms with E-state index in [0.29, 0.717) is 17.9 Å². The molecule has 0 saturated heterocycles. The first-order valence-corrected chi connectivity index (χ1v) is 9.27. The zero-order valence-corrected chi connectivity index (χ0v) is 14.7. The third-order valence-electron chi connectivity index (χ3n) is 3.74. The minimum absolute atomic E-state index is 0.304. The summed E-state index contributed by atoms with van der Waals surface area (Å²) < 4.78 is 42.6. The number of rotatable bonds is 10. The summed E-state index contributed by atoms with van der Waals surface area (Å²) in [6.45, 7) is 1.73. The Morgan fingerprint density at radius 3 is 2.67 bits per heavy atom. The maximum absolute atomic E-state index is 11.0. The third-order valence-corrected chi connectivity index (χ3v) is 4.21. The van der Waals surface area contributed by atoms with Crippen molar-refractivity contribution in [3.8, 4) is 0 Å². The van der Waals surface area contributed by atoms with Crippen LogP contribution in [-0.4, -0.2) is 27.7 Å². The predicted molar refractivity (Wildman–Crippen MR) is 86.6 cm³/mol. The van der Waals surface area contributed by atoms with Gasteiger partial charge in [-0.2, -0.15) is 8.42 Å². The van der Waals surface area contributed by atoms with Gasteiger partial charge in [0.05, 0.1) is 5.69 Å². The fourth-order valence-corrected chi connectivity index (χ4v) is 3.01. The second kappa shape index (κ2) is 8.41. The average molecular weight is 357 g/mol. The quantitative estimate of drug-likeness (QED) is 0.514. The molecule has 9 heteroatoms. The van der Waals surface area contributed by atoms with Crippen LogP contribution in [0.5, 0.6) is 0 Å². The Hall–Kier alpha value is -1.71. The normalized spacial score (nSPS) is 13.3. The molecular formula is C15H23N3O5S. The molecule has 0 radical (unpaired) electrons. The second-order valence-corrected chi connectivity index (χ2v) is 6.84. The maximum Gasteiger partial charge on any atom is 0.398 e. The molecule has 1 unspecified atom stereocenters. The SMILES string of the molecule is Cc1cc(C(CCCCCCc2nccn2C)OS(=O)(=O)O)on1. The molecule has 2 aromatic heterocycles. The van der Waals surface area contributed by atoms with E-state index < -0.39 is 16.5 Å². The first-order chi connectivity index (χ1) is 11.3. The molecule has 2 aromatic rings. The molecule has 8 nitrogen and oxygen atoms in total. The molecule has 2 rings (SSSR count). The molecule has 0 saturated carbocycles. The number of unbranched alkanes of at least 4 members (excludes halogenated alkanes) is 3. The summed E-state index contributed by atoms with van der Waals surface area (Å²) in [7, 11) is -2.57. The molecule has 0 aromatic carbocycles. The van der Waals surface area contributed by atoms with Crippen LogP contribution in [0.2, 0.25) is 0 Å².